The molecule has 2 aliphatic rings. The van der Waals surface area contributed by atoms with Crippen LogP contribution < -0.4 is 0 Å². The minimum atomic E-state index is -0.169. The number of rotatable bonds is 0. The maximum atomic E-state index is 11.3. The Balaban J connectivity index is 2.14. The van der Waals surface area contributed by atoms with Crippen molar-refractivity contribution >= 4 is 5.97 Å². The van der Waals surface area contributed by atoms with Crippen LogP contribution in [0, 0.1) is 0 Å². The van der Waals surface area contributed by atoms with E-state index in [1.807, 2.05) is 6.07 Å². The van der Waals surface area contributed by atoms with Crippen LogP contribution in [0.3, 0.4) is 0 Å². The molecule has 0 unspecified atom stereocenters. The van der Waals surface area contributed by atoms with E-state index in [4.69, 9.17) is 4.74 Å². The summed E-state index contributed by atoms with van der Waals surface area (Å²) in [4.78, 5) is 13.6. The van der Waals surface area contributed by atoms with Crippen LogP contribution >= 0.6 is 0 Å². The van der Waals surface area contributed by atoms with Crippen molar-refractivity contribution in [3.05, 3.63) is 34.4 Å². The minimum Gasteiger partial charge on any atom is -0.457 e. The molecule has 0 radical (unpaired) electrons. The first-order valence-electron chi connectivity index (χ1n) is 4.74. The largest absolute Gasteiger partial charge is 0.457 e. The van der Waals surface area contributed by atoms with Crippen LogP contribution in [-0.2, 0) is 24.4 Å². The number of nitrogens with zero attached hydrogens (tertiary/aromatic N) is 1. The fraction of sp³-hybridized carbons (Fsp3) is 0.364. The van der Waals surface area contributed by atoms with Gasteiger partial charge in [0.05, 0.1) is 5.56 Å². The summed E-state index contributed by atoms with van der Waals surface area (Å²) in [6.07, 6.45) is 0. The SMILES string of the molecule is CN1Cc2cc3c(cc2C1)C(=O)OC3. The molecule has 3 heteroatoms. The predicted molar refractivity (Wildman–Crippen MR) is 50.7 cm³/mol. The van der Waals surface area contributed by atoms with Crippen molar-refractivity contribution in [2.75, 3.05) is 7.05 Å². The van der Waals surface area contributed by atoms with Gasteiger partial charge in [0.1, 0.15) is 6.61 Å². The van der Waals surface area contributed by atoms with E-state index < -0.39 is 0 Å². The van der Waals surface area contributed by atoms with Gasteiger partial charge in [-0.3, -0.25) is 4.90 Å². The Labute approximate surface area is 82.3 Å². The molecule has 72 valence electrons. The Morgan fingerprint density at radius 1 is 1.21 bits per heavy atom. The average molecular weight is 189 g/mol. The van der Waals surface area contributed by atoms with E-state index in [0.29, 0.717) is 6.61 Å². The Hall–Kier alpha value is -1.35. The number of esters is 1. The fourth-order valence-corrected chi connectivity index (χ4v) is 2.20. The molecule has 0 aromatic heterocycles. The summed E-state index contributed by atoms with van der Waals surface area (Å²) in [6, 6.07) is 4.10. The van der Waals surface area contributed by atoms with Gasteiger partial charge < -0.3 is 4.74 Å². The van der Waals surface area contributed by atoms with Crippen molar-refractivity contribution in [1.82, 2.24) is 4.90 Å². The Morgan fingerprint density at radius 2 is 1.93 bits per heavy atom. The number of fused-ring (bicyclic) bond motifs is 2. The van der Waals surface area contributed by atoms with Crippen molar-refractivity contribution in [3.63, 3.8) is 0 Å². The second-order valence-corrected chi connectivity index (χ2v) is 4.03. The lowest BCUT2D eigenvalue weighted by atomic mass is 10.0. The van der Waals surface area contributed by atoms with E-state index in [2.05, 4.69) is 18.0 Å². The molecule has 0 N–H and O–H groups in total. The smallest absolute Gasteiger partial charge is 0.338 e. The molecule has 0 atom stereocenters. The third-order valence-corrected chi connectivity index (χ3v) is 2.88. The van der Waals surface area contributed by atoms with Gasteiger partial charge in [0.2, 0.25) is 0 Å². The summed E-state index contributed by atoms with van der Waals surface area (Å²) < 4.78 is 4.98. The van der Waals surface area contributed by atoms with E-state index in [-0.39, 0.29) is 5.97 Å². The summed E-state index contributed by atoms with van der Waals surface area (Å²) in [5, 5.41) is 0. The van der Waals surface area contributed by atoms with Gasteiger partial charge >= 0.3 is 5.97 Å². The monoisotopic (exact) mass is 189 g/mol. The van der Waals surface area contributed by atoms with Gasteiger partial charge in [-0.1, -0.05) is 0 Å². The third kappa shape index (κ3) is 0.990. The lowest BCUT2D eigenvalue weighted by Gasteiger charge is -2.02. The summed E-state index contributed by atoms with van der Waals surface area (Å²) in [6.45, 7) is 2.37. The molecular formula is C11H11NO2. The van der Waals surface area contributed by atoms with Crippen molar-refractivity contribution < 1.29 is 9.53 Å². The molecule has 14 heavy (non-hydrogen) atoms. The summed E-state index contributed by atoms with van der Waals surface area (Å²) in [7, 11) is 2.09. The summed E-state index contributed by atoms with van der Waals surface area (Å²) >= 11 is 0. The van der Waals surface area contributed by atoms with Crippen LogP contribution in [-0.4, -0.2) is 17.9 Å². The van der Waals surface area contributed by atoms with Crippen LogP contribution in [0.5, 0.6) is 0 Å². The standard InChI is InChI=1S/C11H11NO2/c1-12-4-7-2-9-6-14-11(13)10(9)3-8(7)5-12/h2-3H,4-6H2,1H3. The molecule has 0 spiro atoms. The van der Waals surface area contributed by atoms with Crippen LogP contribution in [0.15, 0.2) is 12.1 Å². The van der Waals surface area contributed by atoms with Crippen molar-refractivity contribution in [2.24, 2.45) is 0 Å². The zero-order valence-corrected chi connectivity index (χ0v) is 8.04. The number of ether oxygens (including phenoxy) is 1. The lowest BCUT2D eigenvalue weighted by Crippen LogP contribution is -2.07. The summed E-state index contributed by atoms with van der Waals surface area (Å²) in [5.74, 6) is -0.169. The first-order valence-corrected chi connectivity index (χ1v) is 4.74. The minimum absolute atomic E-state index is 0.169. The average Bonchev–Trinajstić information content (AvgIpc) is 2.66. The molecule has 0 amide bonds. The molecule has 0 saturated heterocycles. The molecule has 0 bridgehead atoms. The molecule has 3 rings (SSSR count). The highest BCUT2D eigenvalue weighted by Gasteiger charge is 2.25. The normalized spacial score (nSPS) is 19.4. The molecule has 0 saturated carbocycles. The number of benzene rings is 1. The van der Waals surface area contributed by atoms with E-state index in [1.165, 1.54) is 11.1 Å². The van der Waals surface area contributed by atoms with Gasteiger partial charge in [0, 0.05) is 18.7 Å². The molecule has 1 aromatic carbocycles. The van der Waals surface area contributed by atoms with Gasteiger partial charge in [-0.05, 0) is 30.3 Å². The van der Waals surface area contributed by atoms with E-state index in [1.54, 1.807) is 0 Å². The molecule has 1 aromatic rings. The molecule has 0 fully saturated rings. The maximum Gasteiger partial charge on any atom is 0.338 e. The number of hydrogen-bond donors (Lipinski definition) is 0. The van der Waals surface area contributed by atoms with Gasteiger partial charge in [-0.15, -0.1) is 0 Å². The molecular weight excluding hydrogens is 178 g/mol. The van der Waals surface area contributed by atoms with E-state index in [9.17, 15) is 4.79 Å². The molecule has 2 aliphatic heterocycles. The Bertz CT molecular complexity index is 426. The van der Waals surface area contributed by atoms with Crippen LogP contribution in [0.4, 0.5) is 0 Å². The van der Waals surface area contributed by atoms with E-state index in [0.717, 1.165) is 24.2 Å². The predicted octanol–water partition coefficient (Wildman–Crippen LogP) is 1.30. The van der Waals surface area contributed by atoms with Gasteiger partial charge in [0.25, 0.3) is 0 Å². The number of cyclic esters (lactones) is 1. The van der Waals surface area contributed by atoms with Crippen molar-refractivity contribution in [1.29, 1.82) is 0 Å². The number of carbonyl (C=O) groups excluding carboxylic acids is 1. The Morgan fingerprint density at radius 3 is 2.71 bits per heavy atom. The first-order chi connectivity index (χ1) is 6.74. The summed E-state index contributed by atoms with van der Waals surface area (Å²) in [5.41, 5.74) is 4.41. The van der Waals surface area contributed by atoms with Gasteiger partial charge in [-0.25, -0.2) is 4.79 Å². The first kappa shape index (κ1) is 8.00. The fourth-order valence-electron chi connectivity index (χ4n) is 2.20. The Kier molecular flexibility index (Phi) is 1.47. The molecule has 3 nitrogen and oxygen atoms in total. The highest BCUT2D eigenvalue weighted by Crippen LogP contribution is 2.28. The second kappa shape index (κ2) is 2.58. The van der Waals surface area contributed by atoms with Gasteiger partial charge in [0.15, 0.2) is 0 Å². The second-order valence-electron chi connectivity index (χ2n) is 4.03. The number of hydrogen-bond acceptors (Lipinski definition) is 3. The third-order valence-electron chi connectivity index (χ3n) is 2.88. The van der Waals surface area contributed by atoms with Crippen LogP contribution in [0.2, 0.25) is 0 Å². The topological polar surface area (TPSA) is 29.5 Å². The zero-order chi connectivity index (χ0) is 9.71. The quantitative estimate of drug-likeness (QED) is 0.576. The van der Waals surface area contributed by atoms with Crippen molar-refractivity contribution in [2.45, 2.75) is 19.7 Å². The molecule has 2 heterocycles. The van der Waals surface area contributed by atoms with Crippen LogP contribution in [0.1, 0.15) is 27.0 Å². The maximum absolute atomic E-state index is 11.3. The van der Waals surface area contributed by atoms with Crippen LogP contribution in [0.25, 0.3) is 0 Å². The lowest BCUT2D eigenvalue weighted by molar-refractivity contribution is 0.0535. The van der Waals surface area contributed by atoms with E-state index >= 15 is 0 Å². The van der Waals surface area contributed by atoms with Crippen molar-refractivity contribution in [3.8, 4) is 0 Å². The number of carbonyl (C=O) groups is 1. The highest BCUT2D eigenvalue weighted by atomic mass is 16.5. The molecule has 0 aliphatic carbocycles. The highest BCUT2D eigenvalue weighted by molar-refractivity contribution is 5.93. The van der Waals surface area contributed by atoms with Gasteiger partial charge in [-0.2, -0.15) is 0 Å². The zero-order valence-electron chi connectivity index (χ0n) is 8.04.